The van der Waals surface area contributed by atoms with E-state index >= 15 is 0 Å². The van der Waals surface area contributed by atoms with Crippen LogP contribution in [0.25, 0.3) is 0 Å². The van der Waals surface area contributed by atoms with Crippen molar-refractivity contribution < 1.29 is 19.5 Å². The zero-order valence-electron chi connectivity index (χ0n) is 5.49. The van der Waals surface area contributed by atoms with E-state index in [-0.39, 0.29) is 19.5 Å². The molecule has 8 N–H and O–H groups in total. The molecular formula is C4H16N4Ru+3. The van der Waals surface area contributed by atoms with E-state index in [4.69, 9.17) is 22.9 Å². The van der Waals surface area contributed by atoms with Crippen LogP contribution < -0.4 is 22.9 Å². The number of hydrogen-bond acceptors (Lipinski definition) is 4. The topological polar surface area (TPSA) is 104 Å². The Morgan fingerprint density at radius 3 is 0.667 bits per heavy atom. The molecule has 0 aliphatic carbocycles. The maximum absolute atomic E-state index is 4.90. The molecule has 0 aliphatic heterocycles. The van der Waals surface area contributed by atoms with Crippen LogP contribution in [-0.2, 0) is 19.5 Å². The first kappa shape index (κ1) is 16.2. The Balaban J connectivity index is -0.0000000720. The molecule has 1 radical (unpaired) electrons. The minimum atomic E-state index is 0. The summed E-state index contributed by atoms with van der Waals surface area (Å²) in [6, 6.07) is 0. The van der Waals surface area contributed by atoms with Crippen molar-refractivity contribution in [1.82, 2.24) is 0 Å². The van der Waals surface area contributed by atoms with Crippen LogP contribution in [0.1, 0.15) is 0 Å². The molecule has 0 heterocycles. The zero-order valence-corrected chi connectivity index (χ0v) is 7.23. The Kier molecular flexibility index (Phi) is 42.7. The average Bonchev–Trinajstić information content (AvgIpc) is 1.88. The quantitative estimate of drug-likeness (QED) is 0.397. The van der Waals surface area contributed by atoms with E-state index in [0.29, 0.717) is 26.2 Å². The van der Waals surface area contributed by atoms with E-state index in [0.717, 1.165) is 0 Å². The van der Waals surface area contributed by atoms with Crippen molar-refractivity contribution in [2.75, 3.05) is 26.2 Å². The van der Waals surface area contributed by atoms with Gasteiger partial charge < -0.3 is 22.9 Å². The molecule has 0 spiro atoms. The van der Waals surface area contributed by atoms with Crippen molar-refractivity contribution in [1.29, 1.82) is 0 Å². The monoisotopic (exact) mass is 222 g/mol. The summed E-state index contributed by atoms with van der Waals surface area (Å²) in [5, 5.41) is 0. The van der Waals surface area contributed by atoms with Crippen LogP contribution in [0.4, 0.5) is 0 Å². The molecule has 0 saturated carbocycles. The van der Waals surface area contributed by atoms with Crippen molar-refractivity contribution >= 4 is 0 Å². The zero-order chi connectivity index (χ0) is 6.83. The van der Waals surface area contributed by atoms with E-state index < -0.39 is 0 Å². The first-order valence-corrected chi connectivity index (χ1v) is 2.63. The Hall–Kier alpha value is 0.463. The third-order valence-corrected chi connectivity index (χ3v) is 0.333. The summed E-state index contributed by atoms with van der Waals surface area (Å²) < 4.78 is 0. The molecule has 0 unspecified atom stereocenters. The summed E-state index contributed by atoms with van der Waals surface area (Å²) >= 11 is 0. The fourth-order valence-electron chi connectivity index (χ4n) is 0. The first-order chi connectivity index (χ1) is 3.83. The van der Waals surface area contributed by atoms with Crippen LogP contribution in [0.3, 0.4) is 0 Å². The molecule has 4 nitrogen and oxygen atoms in total. The molecular weight excluding hydrogens is 205 g/mol. The fourth-order valence-corrected chi connectivity index (χ4v) is 0. The van der Waals surface area contributed by atoms with Gasteiger partial charge in [0.2, 0.25) is 0 Å². The van der Waals surface area contributed by atoms with E-state index in [1.165, 1.54) is 0 Å². The van der Waals surface area contributed by atoms with Crippen molar-refractivity contribution in [3.63, 3.8) is 0 Å². The number of rotatable bonds is 2. The summed E-state index contributed by atoms with van der Waals surface area (Å²) in [5.41, 5.74) is 19.6. The van der Waals surface area contributed by atoms with E-state index in [1.807, 2.05) is 0 Å². The summed E-state index contributed by atoms with van der Waals surface area (Å²) in [6.45, 7) is 2.39. The Morgan fingerprint density at radius 1 is 0.556 bits per heavy atom. The van der Waals surface area contributed by atoms with Gasteiger partial charge in [0.1, 0.15) is 0 Å². The van der Waals surface area contributed by atoms with Crippen LogP contribution in [0.15, 0.2) is 0 Å². The largest absolute Gasteiger partial charge is 3.00 e. The third-order valence-electron chi connectivity index (χ3n) is 0.333. The smallest absolute Gasteiger partial charge is 0.329 e. The molecule has 0 aliphatic rings. The van der Waals surface area contributed by atoms with Crippen molar-refractivity contribution in [3.05, 3.63) is 0 Å². The van der Waals surface area contributed by atoms with Crippen molar-refractivity contribution in [2.45, 2.75) is 0 Å². The third kappa shape index (κ3) is 58.3. The Morgan fingerprint density at radius 2 is 0.667 bits per heavy atom. The molecule has 0 aromatic rings. The molecule has 0 rings (SSSR count). The summed E-state index contributed by atoms with van der Waals surface area (Å²) in [5.74, 6) is 0. The molecule has 0 saturated heterocycles. The second kappa shape index (κ2) is 23.7. The molecule has 0 bridgehead atoms. The van der Waals surface area contributed by atoms with Gasteiger partial charge in [0, 0.05) is 26.2 Å². The van der Waals surface area contributed by atoms with E-state index in [1.54, 1.807) is 0 Å². The van der Waals surface area contributed by atoms with Gasteiger partial charge >= 0.3 is 19.5 Å². The molecule has 0 amide bonds. The van der Waals surface area contributed by atoms with Gasteiger partial charge in [-0.1, -0.05) is 0 Å². The standard InChI is InChI=1S/2C2H8N2.Ru/c2*3-1-2-4;/h2*1-4H2;/q;;+3. The molecule has 0 aromatic heterocycles. The SMILES string of the molecule is NCCN.NCCN.[Ru+3]. The number of hydrogen-bond donors (Lipinski definition) is 4. The van der Waals surface area contributed by atoms with Crippen LogP contribution >= 0.6 is 0 Å². The summed E-state index contributed by atoms with van der Waals surface area (Å²) in [6.07, 6.45) is 0. The molecule has 0 atom stereocenters. The van der Waals surface area contributed by atoms with E-state index in [2.05, 4.69) is 0 Å². The molecule has 0 aromatic carbocycles. The van der Waals surface area contributed by atoms with Crippen molar-refractivity contribution in [2.24, 2.45) is 22.9 Å². The van der Waals surface area contributed by atoms with Crippen LogP contribution in [0, 0.1) is 0 Å². The Labute approximate surface area is 69.1 Å². The van der Waals surface area contributed by atoms with Crippen LogP contribution in [0.5, 0.6) is 0 Å². The van der Waals surface area contributed by atoms with Crippen molar-refractivity contribution in [3.8, 4) is 0 Å². The molecule has 9 heavy (non-hydrogen) atoms. The van der Waals surface area contributed by atoms with Crippen LogP contribution in [0.2, 0.25) is 0 Å². The minimum Gasteiger partial charge on any atom is -0.329 e. The van der Waals surface area contributed by atoms with Gasteiger partial charge in [-0.15, -0.1) is 0 Å². The van der Waals surface area contributed by atoms with E-state index in [9.17, 15) is 0 Å². The minimum absolute atomic E-state index is 0. The van der Waals surface area contributed by atoms with Gasteiger partial charge in [0.05, 0.1) is 0 Å². The van der Waals surface area contributed by atoms with Gasteiger partial charge in [-0.2, -0.15) is 0 Å². The van der Waals surface area contributed by atoms with Gasteiger partial charge in [-0.3, -0.25) is 0 Å². The van der Waals surface area contributed by atoms with Gasteiger partial charge in [-0.05, 0) is 0 Å². The normalized spacial score (nSPS) is 6.67. The Bertz CT molecular complexity index is 20.5. The predicted octanol–water partition coefficient (Wildman–Crippen LogP) is -2.19. The summed E-state index contributed by atoms with van der Waals surface area (Å²) in [4.78, 5) is 0. The maximum atomic E-state index is 4.90. The second-order valence-corrected chi connectivity index (χ2v) is 1.15. The molecule has 57 valence electrons. The predicted molar refractivity (Wildman–Crippen MR) is 36.2 cm³/mol. The maximum Gasteiger partial charge on any atom is 3.00 e. The second-order valence-electron chi connectivity index (χ2n) is 1.15. The summed E-state index contributed by atoms with van der Waals surface area (Å²) in [7, 11) is 0. The molecule has 5 heteroatoms. The van der Waals surface area contributed by atoms with Crippen LogP contribution in [-0.4, -0.2) is 26.2 Å². The molecule has 0 fully saturated rings. The number of nitrogens with two attached hydrogens (primary N) is 4. The van der Waals surface area contributed by atoms with Gasteiger partial charge in [-0.25, -0.2) is 0 Å². The fraction of sp³-hybridized carbons (Fsp3) is 1.00. The van der Waals surface area contributed by atoms with Gasteiger partial charge in [0.15, 0.2) is 0 Å². The first-order valence-electron chi connectivity index (χ1n) is 2.63. The van der Waals surface area contributed by atoms with Gasteiger partial charge in [0.25, 0.3) is 0 Å². The average molecular weight is 221 g/mol.